The van der Waals surface area contributed by atoms with E-state index >= 15 is 0 Å². The van der Waals surface area contributed by atoms with E-state index in [9.17, 15) is 4.79 Å². The fraction of sp³-hybridized carbons (Fsp3) is 0.0714. The standard InChI is InChI=1S/C14H14N2O2S/c1-9(17)19-18-14-7-11(6-13(16)8-14)10-3-2-4-12(15)5-10/h2-8H,15-16H2,1H3. The molecule has 0 atom stereocenters. The highest BCUT2D eigenvalue weighted by Crippen LogP contribution is 2.29. The summed E-state index contributed by atoms with van der Waals surface area (Å²) in [4.78, 5) is 10.9. The van der Waals surface area contributed by atoms with Crippen LogP contribution in [0.5, 0.6) is 5.75 Å². The van der Waals surface area contributed by atoms with Crippen LogP contribution in [0.1, 0.15) is 6.92 Å². The Bertz CT molecular complexity index is 614. The van der Waals surface area contributed by atoms with Crippen LogP contribution in [0.2, 0.25) is 0 Å². The molecule has 0 unspecified atom stereocenters. The molecule has 5 heteroatoms. The molecule has 0 aliphatic rings. The monoisotopic (exact) mass is 274 g/mol. The lowest BCUT2D eigenvalue weighted by Crippen LogP contribution is -1.92. The van der Waals surface area contributed by atoms with Crippen molar-refractivity contribution in [1.29, 1.82) is 0 Å². The van der Waals surface area contributed by atoms with Crippen molar-refractivity contribution >= 4 is 28.5 Å². The topological polar surface area (TPSA) is 78.3 Å². The lowest BCUT2D eigenvalue weighted by atomic mass is 10.0. The molecule has 0 bridgehead atoms. The summed E-state index contributed by atoms with van der Waals surface area (Å²) in [7, 11) is 0. The Morgan fingerprint density at radius 1 is 1.05 bits per heavy atom. The molecular weight excluding hydrogens is 260 g/mol. The summed E-state index contributed by atoms with van der Waals surface area (Å²) in [6, 6.07) is 12.8. The van der Waals surface area contributed by atoms with E-state index in [1.807, 2.05) is 36.4 Å². The van der Waals surface area contributed by atoms with Gasteiger partial charge in [-0.2, -0.15) is 0 Å². The SMILES string of the molecule is CC(=O)SOc1cc(N)cc(-c2cccc(N)c2)c1. The van der Waals surface area contributed by atoms with E-state index in [0.29, 0.717) is 17.1 Å². The summed E-state index contributed by atoms with van der Waals surface area (Å²) in [5.74, 6) is 0.539. The minimum absolute atomic E-state index is 0.118. The molecule has 4 nitrogen and oxygen atoms in total. The van der Waals surface area contributed by atoms with Gasteiger partial charge in [-0.15, -0.1) is 0 Å². The van der Waals surface area contributed by atoms with Gasteiger partial charge in [0.1, 0.15) is 17.8 Å². The number of nitrogens with two attached hydrogens (primary N) is 2. The van der Waals surface area contributed by atoms with Crippen molar-refractivity contribution < 1.29 is 8.98 Å². The van der Waals surface area contributed by atoms with Crippen LogP contribution in [-0.4, -0.2) is 5.12 Å². The zero-order valence-electron chi connectivity index (χ0n) is 10.4. The van der Waals surface area contributed by atoms with Gasteiger partial charge in [-0.3, -0.25) is 4.79 Å². The normalized spacial score (nSPS) is 10.2. The highest BCUT2D eigenvalue weighted by atomic mass is 32.2. The smallest absolute Gasteiger partial charge is 0.224 e. The number of anilines is 2. The van der Waals surface area contributed by atoms with Crippen molar-refractivity contribution in [3.8, 4) is 16.9 Å². The van der Waals surface area contributed by atoms with Gasteiger partial charge in [0.15, 0.2) is 0 Å². The van der Waals surface area contributed by atoms with Gasteiger partial charge in [0, 0.05) is 24.4 Å². The largest absolute Gasteiger partial charge is 0.418 e. The molecule has 0 spiro atoms. The predicted molar refractivity (Wildman–Crippen MR) is 79.6 cm³/mol. The van der Waals surface area contributed by atoms with Gasteiger partial charge in [0.25, 0.3) is 0 Å². The van der Waals surface area contributed by atoms with Gasteiger partial charge in [0.05, 0.1) is 0 Å². The molecule has 0 saturated heterocycles. The molecule has 4 N–H and O–H groups in total. The Balaban J connectivity index is 2.33. The third-order valence-electron chi connectivity index (χ3n) is 2.40. The first-order chi connectivity index (χ1) is 9.04. The van der Waals surface area contributed by atoms with Crippen LogP contribution in [0, 0.1) is 0 Å². The summed E-state index contributed by atoms with van der Waals surface area (Å²) in [5, 5.41) is -0.118. The quantitative estimate of drug-likeness (QED) is 0.664. The van der Waals surface area contributed by atoms with E-state index in [-0.39, 0.29) is 5.12 Å². The molecule has 0 saturated carbocycles. The van der Waals surface area contributed by atoms with Crippen LogP contribution in [-0.2, 0) is 4.79 Å². The Morgan fingerprint density at radius 3 is 2.47 bits per heavy atom. The molecule has 0 aromatic heterocycles. The van der Waals surface area contributed by atoms with Gasteiger partial charge < -0.3 is 15.7 Å². The van der Waals surface area contributed by atoms with Crippen molar-refractivity contribution in [3.05, 3.63) is 42.5 Å². The van der Waals surface area contributed by atoms with Gasteiger partial charge in [-0.1, -0.05) is 12.1 Å². The molecule has 2 aromatic carbocycles. The van der Waals surface area contributed by atoms with Gasteiger partial charge in [-0.25, -0.2) is 0 Å². The van der Waals surface area contributed by atoms with E-state index in [0.717, 1.165) is 23.2 Å². The molecule has 19 heavy (non-hydrogen) atoms. The molecule has 0 fully saturated rings. The van der Waals surface area contributed by atoms with Crippen LogP contribution in [0.25, 0.3) is 11.1 Å². The van der Waals surface area contributed by atoms with Crippen LogP contribution < -0.4 is 15.7 Å². The Kier molecular flexibility index (Phi) is 3.97. The second-order valence-corrected chi connectivity index (χ2v) is 4.98. The fourth-order valence-electron chi connectivity index (χ4n) is 1.66. The maximum absolute atomic E-state index is 10.9. The molecular formula is C14H14N2O2S. The summed E-state index contributed by atoms with van der Waals surface area (Å²) >= 11 is 0.781. The number of nitrogen functional groups attached to an aromatic ring is 2. The van der Waals surface area contributed by atoms with Crippen LogP contribution >= 0.6 is 12.0 Å². The highest BCUT2D eigenvalue weighted by Gasteiger charge is 2.05. The number of rotatable bonds is 3. The second-order valence-electron chi connectivity index (χ2n) is 4.07. The van der Waals surface area contributed by atoms with Crippen molar-refractivity contribution in [1.82, 2.24) is 0 Å². The molecule has 0 amide bonds. The average Bonchev–Trinajstić information content (AvgIpc) is 2.36. The van der Waals surface area contributed by atoms with Gasteiger partial charge >= 0.3 is 0 Å². The number of benzene rings is 2. The Labute approximate surface area is 116 Å². The lowest BCUT2D eigenvalue weighted by Gasteiger charge is -2.08. The Morgan fingerprint density at radius 2 is 1.79 bits per heavy atom. The van der Waals surface area contributed by atoms with E-state index in [1.165, 1.54) is 6.92 Å². The molecule has 0 radical (unpaired) electrons. The third-order valence-corrected chi connectivity index (χ3v) is 2.91. The molecule has 2 aromatic rings. The Hall–Kier alpha value is -2.14. The first-order valence-electron chi connectivity index (χ1n) is 5.66. The maximum atomic E-state index is 10.9. The van der Waals surface area contributed by atoms with E-state index in [2.05, 4.69) is 0 Å². The van der Waals surface area contributed by atoms with Crippen LogP contribution in [0.15, 0.2) is 42.5 Å². The third kappa shape index (κ3) is 3.66. The minimum atomic E-state index is -0.118. The van der Waals surface area contributed by atoms with Crippen molar-refractivity contribution in [2.75, 3.05) is 11.5 Å². The number of carbonyl (C=O) groups is 1. The molecule has 0 heterocycles. The number of carbonyl (C=O) groups excluding carboxylic acids is 1. The van der Waals surface area contributed by atoms with Crippen LogP contribution in [0.3, 0.4) is 0 Å². The molecule has 2 rings (SSSR count). The average molecular weight is 274 g/mol. The maximum Gasteiger partial charge on any atom is 0.224 e. The van der Waals surface area contributed by atoms with Crippen molar-refractivity contribution in [2.24, 2.45) is 0 Å². The summed E-state index contributed by atoms with van der Waals surface area (Å²) < 4.78 is 5.30. The van der Waals surface area contributed by atoms with Gasteiger partial charge in [0.2, 0.25) is 5.12 Å². The van der Waals surface area contributed by atoms with E-state index in [4.69, 9.17) is 15.7 Å². The first kappa shape index (κ1) is 13.3. The lowest BCUT2D eigenvalue weighted by molar-refractivity contribution is -0.109. The summed E-state index contributed by atoms with van der Waals surface area (Å²) in [5.41, 5.74) is 14.7. The summed E-state index contributed by atoms with van der Waals surface area (Å²) in [6.45, 7) is 1.44. The second kappa shape index (κ2) is 5.67. The van der Waals surface area contributed by atoms with Crippen molar-refractivity contribution in [2.45, 2.75) is 6.92 Å². The van der Waals surface area contributed by atoms with E-state index < -0.39 is 0 Å². The van der Waals surface area contributed by atoms with Crippen molar-refractivity contribution in [3.63, 3.8) is 0 Å². The predicted octanol–water partition coefficient (Wildman–Crippen LogP) is 3.09. The molecule has 0 aliphatic heterocycles. The first-order valence-corrected chi connectivity index (χ1v) is 6.40. The minimum Gasteiger partial charge on any atom is -0.418 e. The van der Waals surface area contributed by atoms with E-state index in [1.54, 1.807) is 6.07 Å². The number of hydrogen-bond acceptors (Lipinski definition) is 5. The highest BCUT2D eigenvalue weighted by molar-refractivity contribution is 8.09. The summed E-state index contributed by atoms with van der Waals surface area (Å²) in [6.07, 6.45) is 0. The fourth-order valence-corrected chi connectivity index (χ4v) is 1.97. The molecule has 0 aliphatic carbocycles. The zero-order chi connectivity index (χ0) is 13.8. The molecule has 98 valence electrons. The number of hydrogen-bond donors (Lipinski definition) is 2. The van der Waals surface area contributed by atoms with Crippen LogP contribution in [0.4, 0.5) is 11.4 Å². The van der Waals surface area contributed by atoms with Gasteiger partial charge in [-0.05, 0) is 35.4 Å². The zero-order valence-corrected chi connectivity index (χ0v) is 11.2.